The van der Waals surface area contributed by atoms with Crippen molar-refractivity contribution >= 4 is 17.6 Å². The highest BCUT2D eigenvalue weighted by molar-refractivity contribution is 5.87. The van der Waals surface area contributed by atoms with Crippen LogP contribution in [0, 0.1) is 17.0 Å². The molecule has 0 fully saturated rings. The molecule has 0 saturated carbocycles. The fourth-order valence-electron chi connectivity index (χ4n) is 2.04. The normalized spacial score (nSPS) is 11.6. The SMILES string of the molecule is COc1ccc(OC(F)(F)F)cc1C=Nc1cc(C)ccc1[N+](=O)[O-]. The van der Waals surface area contributed by atoms with Crippen molar-refractivity contribution in [2.75, 3.05) is 7.11 Å². The monoisotopic (exact) mass is 354 g/mol. The van der Waals surface area contributed by atoms with Gasteiger partial charge in [-0.2, -0.15) is 0 Å². The lowest BCUT2D eigenvalue weighted by atomic mass is 10.2. The minimum atomic E-state index is -4.83. The Morgan fingerprint density at radius 1 is 1.20 bits per heavy atom. The van der Waals surface area contributed by atoms with Crippen LogP contribution >= 0.6 is 0 Å². The smallest absolute Gasteiger partial charge is 0.496 e. The third-order valence-electron chi connectivity index (χ3n) is 3.11. The zero-order valence-electron chi connectivity index (χ0n) is 13.2. The molecule has 0 aromatic heterocycles. The first-order valence-corrected chi connectivity index (χ1v) is 6.92. The minimum absolute atomic E-state index is 0.0780. The van der Waals surface area contributed by atoms with Crippen molar-refractivity contribution in [3.8, 4) is 11.5 Å². The summed E-state index contributed by atoms with van der Waals surface area (Å²) in [4.78, 5) is 14.5. The number of ether oxygens (including phenoxy) is 2. The molecule has 0 saturated heterocycles. The number of alkyl halides is 3. The van der Waals surface area contributed by atoms with Gasteiger partial charge in [0.1, 0.15) is 17.2 Å². The van der Waals surface area contributed by atoms with Gasteiger partial charge < -0.3 is 9.47 Å². The van der Waals surface area contributed by atoms with E-state index >= 15 is 0 Å². The Kier molecular flexibility index (Phi) is 5.26. The van der Waals surface area contributed by atoms with Gasteiger partial charge in [0, 0.05) is 17.8 Å². The number of aliphatic imine (C=N–C) groups is 1. The van der Waals surface area contributed by atoms with Gasteiger partial charge >= 0.3 is 6.36 Å². The average Bonchev–Trinajstić information content (AvgIpc) is 2.51. The molecule has 2 aromatic carbocycles. The summed E-state index contributed by atoms with van der Waals surface area (Å²) in [6, 6.07) is 7.83. The molecule has 0 aliphatic carbocycles. The Bertz CT molecular complexity index is 820. The van der Waals surface area contributed by atoms with E-state index in [9.17, 15) is 23.3 Å². The van der Waals surface area contributed by atoms with Gasteiger partial charge in [-0.25, -0.2) is 4.99 Å². The van der Waals surface area contributed by atoms with E-state index in [-0.39, 0.29) is 22.7 Å². The highest BCUT2D eigenvalue weighted by Crippen LogP contribution is 2.30. The topological polar surface area (TPSA) is 74.0 Å². The molecule has 25 heavy (non-hydrogen) atoms. The maximum atomic E-state index is 12.3. The summed E-state index contributed by atoms with van der Waals surface area (Å²) >= 11 is 0. The molecule has 2 rings (SSSR count). The second-order valence-corrected chi connectivity index (χ2v) is 4.96. The van der Waals surface area contributed by atoms with E-state index in [4.69, 9.17) is 4.74 Å². The number of nitro groups is 1. The number of methoxy groups -OCH3 is 1. The van der Waals surface area contributed by atoms with Crippen LogP contribution in [0.1, 0.15) is 11.1 Å². The largest absolute Gasteiger partial charge is 0.573 e. The molecule has 0 aliphatic heterocycles. The number of hydrogen-bond donors (Lipinski definition) is 0. The maximum absolute atomic E-state index is 12.3. The van der Waals surface area contributed by atoms with Crippen molar-refractivity contribution in [2.45, 2.75) is 13.3 Å². The first kappa shape index (κ1) is 18.2. The number of nitro benzene ring substituents is 1. The average molecular weight is 354 g/mol. The molecule has 0 aliphatic rings. The Hall–Kier alpha value is -3.10. The van der Waals surface area contributed by atoms with Crippen LogP contribution in [0.15, 0.2) is 41.4 Å². The van der Waals surface area contributed by atoms with E-state index in [0.29, 0.717) is 0 Å². The fourth-order valence-corrected chi connectivity index (χ4v) is 2.04. The molecule has 0 amide bonds. The number of halogens is 3. The van der Waals surface area contributed by atoms with Crippen molar-refractivity contribution in [1.29, 1.82) is 0 Å². The number of hydrogen-bond acceptors (Lipinski definition) is 5. The molecule has 2 aromatic rings. The summed E-state index contributed by atoms with van der Waals surface area (Å²) < 4.78 is 45.9. The van der Waals surface area contributed by atoms with Gasteiger partial charge in [0.15, 0.2) is 0 Å². The van der Waals surface area contributed by atoms with Crippen LogP contribution in [0.2, 0.25) is 0 Å². The molecule has 0 spiro atoms. The lowest BCUT2D eigenvalue weighted by Crippen LogP contribution is -2.17. The first-order valence-electron chi connectivity index (χ1n) is 6.92. The summed E-state index contributed by atoms with van der Waals surface area (Å²) in [5.41, 5.74) is 0.789. The summed E-state index contributed by atoms with van der Waals surface area (Å²) in [6.07, 6.45) is -3.65. The zero-order valence-corrected chi connectivity index (χ0v) is 13.2. The van der Waals surface area contributed by atoms with Crippen molar-refractivity contribution in [3.63, 3.8) is 0 Å². The number of benzene rings is 2. The fraction of sp³-hybridized carbons (Fsp3) is 0.188. The summed E-state index contributed by atoms with van der Waals surface area (Å²) in [7, 11) is 1.34. The molecule has 0 bridgehead atoms. The number of rotatable bonds is 5. The standard InChI is InChI=1S/C16H13F3N2O4/c1-10-3-5-14(21(22)23)13(7-10)20-9-11-8-12(25-16(17,18)19)4-6-15(11)24-2/h3-9H,1-2H3. The van der Waals surface area contributed by atoms with E-state index in [1.807, 2.05) is 0 Å². The van der Waals surface area contributed by atoms with Gasteiger partial charge in [0.2, 0.25) is 0 Å². The van der Waals surface area contributed by atoms with Crippen molar-refractivity contribution < 1.29 is 27.6 Å². The predicted octanol–water partition coefficient (Wildman–Crippen LogP) is 4.56. The van der Waals surface area contributed by atoms with Crippen molar-refractivity contribution in [3.05, 3.63) is 57.6 Å². The lowest BCUT2D eigenvalue weighted by Gasteiger charge is -2.11. The molecule has 0 heterocycles. The van der Waals surface area contributed by atoms with Crippen LogP contribution < -0.4 is 9.47 Å². The second-order valence-electron chi connectivity index (χ2n) is 4.96. The van der Waals surface area contributed by atoms with Crippen LogP contribution in [0.3, 0.4) is 0 Å². The van der Waals surface area contributed by atoms with Gasteiger partial charge in [0.25, 0.3) is 5.69 Å². The Morgan fingerprint density at radius 2 is 1.92 bits per heavy atom. The Morgan fingerprint density at radius 3 is 2.52 bits per heavy atom. The van der Waals surface area contributed by atoms with Crippen LogP contribution in [0.25, 0.3) is 0 Å². The predicted molar refractivity (Wildman–Crippen MR) is 84.8 cm³/mol. The molecule has 6 nitrogen and oxygen atoms in total. The molecule has 0 atom stereocenters. The third kappa shape index (κ3) is 4.93. The Balaban J connectivity index is 2.42. The molecule has 0 radical (unpaired) electrons. The summed E-state index contributed by atoms with van der Waals surface area (Å²) in [5, 5.41) is 11.0. The van der Waals surface area contributed by atoms with Crippen LogP contribution in [0.4, 0.5) is 24.5 Å². The minimum Gasteiger partial charge on any atom is -0.496 e. The highest BCUT2D eigenvalue weighted by atomic mass is 19.4. The van der Waals surface area contributed by atoms with Gasteiger partial charge in [0.05, 0.1) is 12.0 Å². The molecular formula is C16H13F3N2O4. The number of aryl methyl sites for hydroxylation is 1. The first-order chi connectivity index (χ1) is 11.7. The zero-order chi connectivity index (χ0) is 18.6. The van der Waals surface area contributed by atoms with Gasteiger partial charge in [-0.1, -0.05) is 6.07 Å². The number of nitrogens with zero attached hydrogens (tertiary/aromatic N) is 2. The Labute approximate surface area is 140 Å². The molecule has 132 valence electrons. The molecular weight excluding hydrogens is 341 g/mol. The van der Waals surface area contributed by atoms with E-state index in [1.54, 1.807) is 13.0 Å². The van der Waals surface area contributed by atoms with E-state index in [2.05, 4.69) is 9.73 Å². The highest BCUT2D eigenvalue weighted by Gasteiger charge is 2.31. The summed E-state index contributed by atoms with van der Waals surface area (Å²) in [6.45, 7) is 1.74. The van der Waals surface area contributed by atoms with Gasteiger partial charge in [-0.05, 0) is 36.8 Å². The second kappa shape index (κ2) is 7.20. The van der Waals surface area contributed by atoms with Crippen molar-refractivity contribution in [1.82, 2.24) is 0 Å². The van der Waals surface area contributed by atoms with Crippen molar-refractivity contribution in [2.24, 2.45) is 4.99 Å². The summed E-state index contributed by atoms with van der Waals surface area (Å²) in [5.74, 6) is -0.206. The third-order valence-corrected chi connectivity index (χ3v) is 3.11. The van der Waals surface area contributed by atoms with E-state index in [0.717, 1.165) is 17.7 Å². The van der Waals surface area contributed by atoms with Gasteiger partial charge in [-0.15, -0.1) is 13.2 Å². The molecule has 0 unspecified atom stereocenters. The maximum Gasteiger partial charge on any atom is 0.573 e. The molecule has 0 N–H and O–H groups in total. The van der Waals surface area contributed by atoms with Crippen LogP contribution in [-0.2, 0) is 0 Å². The van der Waals surface area contributed by atoms with Crippen LogP contribution in [0.5, 0.6) is 11.5 Å². The van der Waals surface area contributed by atoms with Gasteiger partial charge in [-0.3, -0.25) is 10.1 Å². The van der Waals surface area contributed by atoms with Crippen LogP contribution in [-0.4, -0.2) is 24.6 Å². The van der Waals surface area contributed by atoms with E-state index in [1.165, 1.54) is 31.5 Å². The lowest BCUT2D eigenvalue weighted by molar-refractivity contribution is -0.384. The van der Waals surface area contributed by atoms with E-state index < -0.39 is 17.0 Å². The molecule has 9 heteroatoms. The quantitative estimate of drug-likeness (QED) is 0.448.